The van der Waals surface area contributed by atoms with Crippen molar-refractivity contribution in [2.24, 2.45) is 0 Å². The molecule has 0 bridgehead atoms. The van der Waals surface area contributed by atoms with E-state index in [4.69, 9.17) is 9.47 Å². The van der Waals surface area contributed by atoms with Crippen LogP contribution in [0.3, 0.4) is 0 Å². The Morgan fingerprint density at radius 3 is 2.74 bits per heavy atom. The molecular weight excluding hydrogens is 304 g/mol. The van der Waals surface area contributed by atoms with Gasteiger partial charge in [-0.25, -0.2) is 18.6 Å². The van der Waals surface area contributed by atoms with Crippen LogP contribution in [0.2, 0.25) is 0 Å². The second-order valence-corrected chi connectivity index (χ2v) is 5.60. The van der Waals surface area contributed by atoms with Crippen LogP contribution in [0.15, 0.2) is 29.5 Å². The topological polar surface area (TPSA) is 48.4 Å². The van der Waals surface area contributed by atoms with E-state index < -0.39 is 17.8 Å². The molecule has 0 saturated heterocycles. The van der Waals surface area contributed by atoms with Gasteiger partial charge in [0.25, 0.3) is 5.92 Å². The number of nitrogens with zero attached hydrogens (tertiary/aromatic N) is 1. The Morgan fingerprint density at radius 2 is 2.17 bits per heavy atom. The number of pyridine rings is 1. The third-order valence-electron chi connectivity index (χ3n) is 4.20. The second-order valence-electron chi connectivity index (χ2n) is 5.60. The number of ether oxygens (including phenoxy) is 2. The summed E-state index contributed by atoms with van der Waals surface area (Å²) in [6.07, 6.45) is 1.47. The Bertz CT molecular complexity index is 596. The number of aromatic nitrogens is 1. The van der Waals surface area contributed by atoms with Crippen molar-refractivity contribution >= 4 is 5.97 Å². The minimum atomic E-state index is -2.82. The van der Waals surface area contributed by atoms with Crippen molar-refractivity contribution in [2.75, 3.05) is 13.7 Å². The summed E-state index contributed by atoms with van der Waals surface area (Å²) in [5.74, 6) is -3.87. The molecule has 1 aromatic rings. The van der Waals surface area contributed by atoms with E-state index in [1.54, 1.807) is 26.0 Å². The lowest BCUT2D eigenvalue weighted by molar-refractivity contribution is -0.138. The fourth-order valence-corrected chi connectivity index (χ4v) is 2.79. The largest absolute Gasteiger partial charge is 0.481 e. The lowest BCUT2D eigenvalue weighted by Crippen LogP contribution is -2.31. The van der Waals surface area contributed by atoms with Crippen LogP contribution < -0.4 is 4.74 Å². The lowest BCUT2D eigenvalue weighted by atomic mass is 9.77. The van der Waals surface area contributed by atoms with E-state index in [0.29, 0.717) is 17.0 Å². The van der Waals surface area contributed by atoms with E-state index in [2.05, 4.69) is 4.98 Å². The Labute approximate surface area is 134 Å². The van der Waals surface area contributed by atoms with Gasteiger partial charge in [-0.2, -0.15) is 0 Å². The van der Waals surface area contributed by atoms with Gasteiger partial charge in [0, 0.05) is 24.3 Å². The maximum Gasteiger partial charge on any atom is 0.333 e. The quantitative estimate of drug-likeness (QED) is 0.623. The number of allylic oxidation sites excluding steroid dienone is 1. The summed E-state index contributed by atoms with van der Waals surface area (Å²) in [4.78, 5) is 15.8. The van der Waals surface area contributed by atoms with Crippen molar-refractivity contribution in [1.82, 2.24) is 4.98 Å². The van der Waals surface area contributed by atoms with Crippen molar-refractivity contribution in [3.63, 3.8) is 0 Å². The summed E-state index contributed by atoms with van der Waals surface area (Å²) in [7, 11) is 1.47. The van der Waals surface area contributed by atoms with E-state index in [1.807, 2.05) is 0 Å². The van der Waals surface area contributed by atoms with Gasteiger partial charge >= 0.3 is 5.97 Å². The maximum absolute atomic E-state index is 14.3. The molecule has 6 heteroatoms. The highest BCUT2D eigenvalue weighted by Gasteiger charge is 2.44. The van der Waals surface area contributed by atoms with Gasteiger partial charge in [0.15, 0.2) is 0 Å². The molecule has 126 valence electrons. The maximum atomic E-state index is 14.3. The molecule has 1 aliphatic rings. The van der Waals surface area contributed by atoms with Gasteiger partial charge in [0.2, 0.25) is 5.88 Å². The fraction of sp³-hybridized carbons (Fsp3) is 0.529. The van der Waals surface area contributed by atoms with Crippen LogP contribution in [-0.4, -0.2) is 30.6 Å². The third-order valence-corrected chi connectivity index (χ3v) is 4.20. The molecule has 23 heavy (non-hydrogen) atoms. The average molecular weight is 325 g/mol. The zero-order valence-electron chi connectivity index (χ0n) is 13.6. The fourth-order valence-electron chi connectivity index (χ4n) is 2.79. The SMILES string of the molecule is CCOC(=O)C(C)=C1CCC(F)(F)[C@@H](c2ccc(OC)nc2)C1. The molecule has 1 fully saturated rings. The molecule has 0 spiro atoms. The van der Waals surface area contributed by atoms with Crippen molar-refractivity contribution in [3.8, 4) is 5.88 Å². The number of halogens is 2. The molecule has 0 aliphatic heterocycles. The molecule has 0 unspecified atom stereocenters. The summed E-state index contributed by atoms with van der Waals surface area (Å²) in [6.45, 7) is 3.63. The smallest absolute Gasteiger partial charge is 0.333 e. The minimum absolute atomic E-state index is 0.131. The molecule has 0 N–H and O–H groups in total. The van der Waals surface area contributed by atoms with Crippen molar-refractivity contribution < 1.29 is 23.0 Å². The standard InChI is InChI=1S/C17H21F2NO3/c1-4-23-16(21)11(2)12-7-8-17(18,19)14(9-12)13-5-6-15(22-3)20-10-13/h5-6,10,14H,4,7-9H2,1-3H3/t14-/m1/s1. The number of rotatable bonds is 4. The normalized spacial score (nSPS) is 22.4. The summed E-state index contributed by atoms with van der Waals surface area (Å²) in [5.41, 5.74) is 1.62. The summed E-state index contributed by atoms with van der Waals surface area (Å²) in [5, 5.41) is 0. The second kappa shape index (κ2) is 7.06. The van der Waals surface area contributed by atoms with Gasteiger partial charge in [-0.1, -0.05) is 11.6 Å². The Hall–Kier alpha value is -1.98. The van der Waals surface area contributed by atoms with Gasteiger partial charge in [0.1, 0.15) is 0 Å². The van der Waals surface area contributed by atoms with Crippen LogP contribution >= 0.6 is 0 Å². The first kappa shape index (κ1) is 17.4. The van der Waals surface area contributed by atoms with Gasteiger partial charge in [-0.3, -0.25) is 0 Å². The molecule has 2 rings (SSSR count). The number of carbonyl (C=O) groups excluding carboxylic acids is 1. The zero-order chi connectivity index (χ0) is 17.0. The Balaban J connectivity index is 2.28. The van der Waals surface area contributed by atoms with Crippen molar-refractivity contribution in [2.45, 2.75) is 45.0 Å². The molecular formula is C17H21F2NO3. The number of alkyl halides is 2. The third kappa shape index (κ3) is 3.86. The minimum Gasteiger partial charge on any atom is -0.481 e. The number of carbonyl (C=O) groups is 1. The van der Waals surface area contributed by atoms with Crippen molar-refractivity contribution in [1.29, 1.82) is 0 Å². The van der Waals surface area contributed by atoms with Crippen LogP contribution in [0.1, 0.15) is 44.6 Å². The molecule has 0 amide bonds. The average Bonchev–Trinajstić information content (AvgIpc) is 2.54. The van der Waals surface area contributed by atoms with Gasteiger partial charge < -0.3 is 9.47 Å². The Kier molecular flexibility index (Phi) is 5.34. The predicted octanol–water partition coefficient (Wildman–Crippen LogP) is 3.87. The summed E-state index contributed by atoms with van der Waals surface area (Å²) in [6, 6.07) is 3.18. The van der Waals surface area contributed by atoms with Crippen LogP contribution in [0.25, 0.3) is 0 Å². The van der Waals surface area contributed by atoms with E-state index in [0.717, 1.165) is 5.57 Å². The van der Waals surface area contributed by atoms with E-state index in [1.165, 1.54) is 13.3 Å². The molecule has 0 radical (unpaired) electrons. The van der Waals surface area contributed by atoms with Gasteiger partial charge in [0.05, 0.1) is 19.6 Å². The van der Waals surface area contributed by atoms with Gasteiger partial charge in [-0.05, 0) is 32.3 Å². The highest BCUT2D eigenvalue weighted by Crippen LogP contribution is 2.47. The number of methoxy groups -OCH3 is 1. The Morgan fingerprint density at radius 1 is 1.43 bits per heavy atom. The first-order chi connectivity index (χ1) is 10.9. The number of esters is 1. The monoisotopic (exact) mass is 325 g/mol. The highest BCUT2D eigenvalue weighted by atomic mass is 19.3. The highest BCUT2D eigenvalue weighted by molar-refractivity contribution is 5.88. The first-order valence-corrected chi connectivity index (χ1v) is 7.62. The van der Waals surface area contributed by atoms with Crippen molar-refractivity contribution in [3.05, 3.63) is 35.0 Å². The molecule has 0 aromatic carbocycles. The molecule has 1 saturated carbocycles. The molecule has 1 aromatic heterocycles. The number of hydrogen-bond donors (Lipinski definition) is 0. The van der Waals surface area contributed by atoms with Gasteiger partial charge in [-0.15, -0.1) is 0 Å². The zero-order valence-corrected chi connectivity index (χ0v) is 13.6. The molecule has 1 aliphatic carbocycles. The predicted molar refractivity (Wildman–Crippen MR) is 81.7 cm³/mol. The van der Waals surface area contributed by atoms with Crippen LogP contribution in [0.5, 0.6) is 5.88 Å². The number of hydrogen-bond acceptors (Lipinski definition) is 4. The molecule has 1 heterocycles. The van der Waals surface area contributed by atoms with E-state index in [-0.39, 0.29) is 25.9 Å². The summed E-state index contributed by atoms with van der Waals surface area (Å²) >= 11 is 0. The lowest BCUT2D eigenvalue weighted by Gasteiger charge is -2.33. The van der Waals surface area contributed by atoms with Crippen LogP contribution in [0.4, 0.5) is 8.78 Å². The van der Waals surface area contributed by atoms with E-state index in [9.17, 15) is 13.6 Å². The van der Waals surface area contributed by atoms with E-state index >= 15 is 0 Å². The van der Waals surface area contributed by atoms with Crippen LogP contribution in [0, 0.1) is 0 Å². The molecule has 4 nitrogen and oxygen atoms in total. The summed E-state index contributed by atoms with van der Waals surface area (Å²) < 4.78 is 38.6. The first-order valence-electron chi connectivity index (χ1n) is 7.62. The van der Waals surface area contributed by atoms with Crippen LogP contribution in [-0.2, 0) is 9.53 Å². The molecule has 1 atom stereocenters.